The number of anilines is 4. The molecule has 0 aliphatic rings. The smallest absolute Gasteiger partial charge is 0.303 e. The van der Waals surface area contributed by atoms with Crippen LogP contribution in [0.2, 0.25) is 0 Å². The quantitative estimate of drug-likeness (QED) is 0.0845. The van der Waals surface area contributed by atoms with E-state index in [0.717, 1.165) is 12.8 Å². The van der Waals surface area contributed by atoms with Gasteiger partial charge in [0.1, 0.15) is 10.0 Å². The van der Waals surface area contributed by atoms with Crippen molar-refractivity contribution in [3.63, 3.8) is 0 Å². The summed E-state index contributed by atoms with van der Waals surface area (Å²) in [5.74, 6) is -1.57. The van der Waals surface area contributed by atoms with E-state index < -0.39 is 32.0 Å². The Kier molecular flexibility index (Phi) is 14.7. The number of carboxylic acids is 2. The van der Waals surface area contributed by atoms with Crippen LogP contribution in [0.15, 0.2) is 58.3 Å². The number of nitrogens with two attached hydrogens (primary N) is 2. The maximum Gasteiger partial charge on any atom is 0.303 e. The van der Waals surface area contributed by atoms with E-state index in [1.54, 1.807) is 13.8 Å². The van der Waals surface area contributed by atoms with Crippen LogP contribution >= 0.6 is 22.7 Å². The van der Waals surface area contributed by atoms with Crippen molar-refractivity contribution in [3.05, 3.63) is 58.5 Å². The number of aliphatic carboxylic acids is 2. The van der Waals surface area contributed by atoms with Crippen molar-refractivity contribution < 1.29 is 36.6 Å². The Hall–Kier alpha value is -4.40. The van der Waals surface area contributed by atoms with Crippen LogP contribution < -0.4 is 20.9 Å². The standard InChI is InChI=1S/2C9H10N4O2S2.C8H14O4/c2*1-6-11-12-9(16-6)13-17(14,15)8-4-2-7(10)3-5-8;9-7(10)5-3-1-2-4-6-8(11)12/h2*2-5H,10H2,1H3,(H,12,13);1-6H2,(H,9,10)(H,11,12). The third kappa shape index (κ3) is 14.1. The largest absolute Gasteiger partial charge is 0.481 e. The number of nitrogens with one attached hydrogen (secondary N) is 2. The van der Waals surface area contributed by atoms with Gasteiger partial charge in [-0.3, -0.25) is 19.0 Å². The molecule has 20 heteroatoms. The maximum atomic E-state index is 11.9. The Balaban J connectivity index is 0.000000245. The second kappa shape index (κ2) is 17.9. The number of sulfonamides is 2. The molecular weight excluding hydrogens is 681 g/mol. The van der Waals surface area contributed by atoms with Crippen LogP contribution in [0, 0.1) is 13.8 Å². The number of nitrogen functional groups attached to an aromatic ring is 2. The molecule has 8 N–H and O–H groups in total. The van der Waals surface area contributed by atoms with Gasteiger partial charge in [0.2, 0.25) is 10.3 Å². The summed E-state index contributed by atoms with van der Waals surface area (Å²) in [7, 11) is -7.23. The molecular formula is C26H34N8O8S4. The highest BCUT2D eigenvalue weighted by atomic mass is 32.2. The van der Waals surface area contributed by atoms with Gasteiger partial charge in [0.15, 0.2) is 0 Å². The maximum absolute atomic E-state index is 11.9. The minimum Gasteiger partial charge on any atom is -0.481 e. The molecule has 0 aliphatic carbocycles. The first-order chi connectivity index (χ1) is 21.6. The molecule has 16 nitrogen and oxygen atoms in total. The molecule has 46 heavy (non-hydrogen) atoms. The van der Waals surface area contributed by atoms with E-state index in [-0.39, 0.29) is 32.9 Å². The zero-order valence-corrected chi connectivity index (χ0v) is 28.0. The number of carboxylic acid groups (broad SMARTS) is 2. The number of aromatic nitrogens is 4. The molecule has 4 rings (SSSR count). The normalized spacial score (nSPS) is 10.9. The lowest BCUT2D eigenvalue weighted by atomic mass is 10.1. The Labute approximate surface area is 274 Å². The first-order valence-electron chi connectivity index (χ1n) is 13.4. The summed E-state index contributed by atoms with van der Waals surface area (Å²) >= 11 is 2.35. The molecule has 0 unspecified atom stereocenters. The first kappa shape index (κ1) is 37.8. The molecule has 0 radical (unpaired) electrons. The zero-order chi connectivity index (χ0) is 34.3. The number of rotatable bonds is 13. The van der Waals surface area contributed by atoms with Crippen LogP contribution in [-0.4, -0.2) is 59.4 Å². The monoisotopic (exact) mass is 714 g/mol. The van der Waals surface area contributed by atoms with Crippen molar-refractivity contribution in [2.24, 2.45) is 0 Å². The highest BCUT2D eigenvalue weighted by Gasteiger charge is 2.17. The summed E-state index contributed by atoms with van der Waals surface area (Å²) < 4.78 is 52.3. The molecule has 2 heterocycles. The number of carbonyl (C=O) groups is 2. The van der Waals surface area contributed by atoms with Gasteiger partial charge in [-0.25, -0.2) is 16.8 Å². The number of hydrogen-bond acceptors (Lipinski definition) is 14. The zero-order valence-electron chi connectivity index (χ0n) is 24.8. The van der Waals surface area contributed by atoms with E-state index in [4.69, 9.17) is 21.7 Å². The highest BCUT2D eigenvalue weighted by Crippen LogP contribution is 2.21. The average molecular weight is 715 g/mol. The van der Waals surface area contributed by atoms with Crippen molar-refractivity contribution >= 4 is 76.3 Å². The van der Waals surface area contributed by atoms with Gasteiger partial charge in [0, 0.05) is 24.2 Å². The van der Waals surface area contributed by atoms with E-state index in [0.29, 0.717) is 34.2 Å². The van der Waals surface area contributed by atoms with Crippen molar-refractivity contribution in [1.29, 1.82) is 0 Å². The summed E-state index contributed by atoms with van der Waals surface area (Å²) in [5, 5.41) is 33.3. The predicted molar refractivity (Wildman–Crippen MR) is 176 cm³/mol. The Morgan fingerprint density at radius 3 is 1.22 bits per heavy atom. The number of hydrogen-bond donors (Lipinski definition) is 6. The molecule has 0 fully saturated rings. The first-order valence-corrected chi connectivity index (χ1v) is 18.0. The van der Waals surface area contributed by atoms with Crippen molar-refractivity contribution in [1.82, 2.24) is 20.4 Å². The fourth-order valence-electron chi connectivity index (χ4n) is 3.22. The van der Waals surface area contributed by atoms with Crippen LogP contribution in [0.5, 0.6) is 0 Å². The average Bonchev–Trinajstić information content (AvgIpc) is 3.57. The lowest BCUT2D eigenvalue weighted by Gasteiger charge is -2.04. The van der Waals surface area contributed by atoms with Gasteiger partial charge in [-0.1, -0.05) is 35.5 Å². The number of unbranched alkanes of at least 4 members (excludes halogenated alkanes) is 3. The number of benzene rings is 2. The van der Waals surface area contributed by atoms with E-state index in [1.807, 2.05) is 0 Å². The van der Waals surface area contributed by atoms with E-state index >= 15 is 0 Å². The van der Waals surface area contributed by atoms with Gasteiger partial charge < -0.3 is 21.7 Å². The minimum absolute atomic E-state index is 0.138. The molecule has 0 spiro atoms. The van der Waals surface area contributed by atoms with Crippen LogP contribution in [0.25, 0.3) is 0 Å². The van der Waals surface area contributed by atoms with E-state index in [1.165, 1.54) is 71.2 Å². The Morgan fingerprint density at radius 2 is 0.957 bits per heavy atom. The Morgan fingerprint density at radius 1 is 0.630 bits per heavy atom. The molecule has 0 bridgehead atoms. The van der Waals surface area contributed by atoms with Crippen LogP contribution in [0.1, 0.15) is 48.5 Å². The van der Waals surface area contributed by atoms with Gasteiger partial charge >= 0.3 is 11.9 Å². The SMILES string of the molecule is Cc1nnc(NS(=O)(=O)c2ccc(N)cc2)s1.Cc1nnc(NS(=O)(=O)c2ccc(N)cc2)s1.O=C(O)CCCCCCC(=O)O. The summed E-state index contributed by atoms with van der Waals surface area (Å²) in [6.45, 7) is 3.50. The van der Waals surface area contributed by atoms with Gasteiger partial charge in [0.25, 0.3) is 20.0 Å². The third-order valence-electron chi connectivity index (χ3n) is 5.41. The molecule has 0 atom stereocenters. The van der Waals surface area contributed by atoms with Crippen molar-refractivity contribution in [2.45, 2.75) is 62.2 Å². The van der Waals surface area contributed by atoms with Crippen molar-refractivity contribution in [2.75, 3.05) is 20.9 Å². The molecule has 4 aromatic rings. The Bertz CT molecular complexity index is 1640. The lowest BCUT2D eigenvalue weighted by molar-refractivity contribution is -0.138. The third-order valence-corrected chi connectivity index (χ3v) is 9.88. The molecule has 250 valence electrons. The van der Waals surface area contributed by atoms with Gasteiger partial charge in [-0.15, -0.1) is 20.4 Å². The molecule has 0 aliphatic heterocycles. The van der Waals surface area contributed by atoms with E-state index in [9.17, 15) is 26.4 Å². The summed E-state index contributed by atoms with van der Waals surface area (Å²) in [6.07, 6.45) is 3.28. The molecule has 2 aromatic heterocycles. The summed E-state index contributed by atoms with van der Waals surface area (Å²) in [6, 6.07) is 11.9. The predicted octanol–water partition coefficient (Wildman–Crippen LogP) is 3.96. The second-order valence-corrected chi connectivity index (χ2v) is 15.0. The number of aryl methyl sites for hydroxylation is 2. The van der Waals surface area contributed by atoms with Crippen LogP contribution in [0.3, 0.4) is 0 Å². The number of nitrogens with zero attached hydrogens (tertiary/aromatic N) is 4. The highest BCUT2D eigenvalue weighted by molar-refractivity contribution is 7.93. The van der Waals surface area contributed by atoms with Crippen LogP contribution in [0.4, 0.5) is 21.6 Å². The minimum atomic E-state index is -3.61. The topological polar surface area (TPSA) is 271 Å². The summed E-state index contributed by atoms with van der Waals surface area (Å²) in [5.41, 5.74) is 12.0. The second-order valence-electron chi connectivity index (χ2n) is 9.30. The van der Waals surface area contributed by atoms with Gasteiger partial charge in [0.05, 0.1) is 9.79 Å². The fraction of sp³-hybridized carbons (Fsp3) is 0.308. The molecule has 0 saturated carbocycles. The molecule has 2 aromatic carbocycles. The van der Waals surface area contributed by atoms with Gasteiger partial charge in [-0.2, -0.15) is 0 Å². The van der Waals surface area contributed by atoms with Crippen LogP contribution in [-0.2, 0) is 29.6 Å². The summed E-state index contributed by atoms with van der Waals surface area (Å²) in [4.78, 5) is 20.4. The fourth-order valence-corrected chi connectivity index (χ4v) is 6.87. The molecule has 0 saturated heterocycles. The lowest BCUT2D eigenvalue weighted by Crippen LogP contribution is -2.12. The van der Waals surface area contributed by atoms with E-state index in [2.05, 4.69) is 29.8 Å². The van der Waals surface area contributed by atoms with Gasteiger partial charge in [-0.05, 0) is 75.2 Å². The van der Waals surface area contributed by atoms with Crippen molar-refractivity contribution in [3.8, 4) is 0 Å². The molecule has 0 amide bonds.